The zero-order chi connectivity index (χ0) is 9.89. The van der Waals surface area contributed by atoms with Gasteiger partial charge in [-0.05, 0) is 13.8 Å². The fourth-order valence-corrected chi connectivity index (χ4v) is 0.779. The van der Waals surface area contributed by atoms with Gasteiger partial charge in [0.15, 0.2) is 0 Å². The summed E-state index contributed by atoms with van der Waals surface area (Å²) in [6, 6.07) is 0. The average molecular weight is 231 g/mol. The number of hydrogen-bond donors (Lipinski definition) is 1. The van der Waals surface area contributed by atoms with Gasteiger partial charge in [-0.2, -0.15) is 0 Å². The summed E-state index contributed by atoms with van der Waals surface area (Å²) in [6.45, 7) is 2.01. The molecule has 0 saturated heterocycles. The third-order valence-electron chi connectivity index (χ3n) is 1.29. The summed E-state index contributed by atoms with van der Waals surface area (Å²) < 4.78 is 0. The number of Topliss-reactive ketones (excluding diaryl/α,β-unsaturated/α-hetero) is 3. The van der Waals surface area contributed by atoms with Gasteiger partial charge in [0.1, 0.15) is 17.5 Å². The van der Waals surface area contributed by atoms with Crippen molar-refractivity contribution >= 4 is 23.3 Å². The first-order chi connectivity index (χ1) is 5.37. The van der Waals surface area contributed by atoms with Gasteiger partial charge in [-0.15, -0.1) is 0 Å². The Hall–Kier alpha value is -1.03. The maximum atomic E-state index is 10.7. The molecule has 0 aliphatic carbocycles. The molecule has 0 unspecified atom stereocenters. The van der Waals surface area contributed by atoms with Crippen molar-refractivity contribution in [2.45, 2.75) is 13.8 Å². The van der Waals surface area contributed by atoms with Crippen molar-refractivity contribution in [3.05, 3.63) is 0 Å². The second-order valence-corrected chi connectivity index (χ2v) is 2.32. The van der Waals surface area contributed by atoms with E-state index in [1.165, 1.54) is 0 Å². The summed E-state index contributed by atoms with van der Waals surface area (Å²) in [5.41, 5.74) is 0. The number of carbonyl (C=O) groups excluding carboxylic acids is 3. The first-order valence-electron chi connectivity index (χ1n) is 3.16. The van der Waals surface area contributed by atoms with Gasteiger partial charge in [0.2, 0.25) is 0 Å². The van der Waals surface area contributed by atoms with E-state index >= 15 is 0 Å². The Balaban J connectivity index is 0. The Morgan fingerprint density at radius 1 is 1.00 bits per heavy atom. The predicted octanol–water partition coefficient (Wildman–Crippen LogP) is -0.568. The average Bonchev–Trinajstić information content (AvgIpc) is 1.85. The first kappa shape index (κ1) is 14.5. The van der Waals surface area contributed by atoms with Crippen LogP contribution in [0.25, 0.3) is 0 Å². The van der Waals surface area contributed by atoms with Gasteiger partial charge in [-0.1, -0.05) is 0 Å². The first-order valence-corrected chi connectivity index (χ1v) is 3.16. The van der Waals surface area contributed by atoms with Gasteiger partial charge in [-0.25, -0.2) is 4.79 Å². The third kappa shape index (κ3) is 3.94. The summed E-state index contributed by atoms with van der Waals surface area (Å²) in [5.74, 6) is -6.24. The van der Waals surface area contributed by atoms with E-state index in [2.05, 4.69) is 0 Å². The molecule has 0 aliphatic rings. The molecule has 1 N–H and O–H groups in total. The van der Waals surface area contributed by atoms with Crippen molar-refractivity contribution in [2.24, 2.45) is 5.92 Å². The summed E-state index contributed by atoms with van der Waals surface area (Å²) in [5, 5.41) is 8.20. The molecule has 0 rings (SSSR count). The number of carbonyl (C=O) groups is 4. The number of carboxylic acids is 1. The third-order valence-corrected chi connectivity index (χ3v) is 1.29. The minimum absolute atomic E-state index is 0. The van der Waals surface area contributed by atoms with Crippen molar-refractivity contribution in [3.8, 4) is 0 Å². The van der Waals surface area contributed by atoms with Crippen LogP contribution in [0.5, 0.6) is 0 Å². The minimum atomic E-state index is -1.76. The summed E-state index contributed by atoms with van der Waals surface area (Å²) in [4.78, 5) is 42.0. The van der Waals surface area contributed by atoms with Gasteiger partial charge < -0.3 is 5.11 Å². The number of aliphatic carboxylic acids is 1. The van der Waals surface area contributed by atoms with E-state index < -0.39 is 29.2 Å². The summed E-state index contributed by atoms with van der Waals surface area (Å²) in [6.07, 6.45) is 0. The van der Waals surface area contributed by atoms with Gasteiger partial charge in [0, 0.05) is 16.5 Å². The normalized spacial score (nSPS) is 8.85. The minimum Gasteiger partial charge on any atom is -0.475 e. The SMILES string of the molecule is CC(=O)C(C(C)=O)C(=O)C(=O)O.[Ni]. The van der Waals surface area contributed by atoms with E-state index in [9.17, 15) is 19.2 Å². The van der Waals surface area contributed by atoms with Crippen molar-refractivity contribution < 1.29 is 40.8 Å². The second-order valence-electron chi connectivity index (χ2n) is 2.32. The molecule has 0 spiro atoms. The Kier molecular flexibility index (Phi) is 6.23. The van der Waals surface area contributed by atoms with E-state index in [0.29, 0.717) is 0 Å². The molecule has 76 valence electrons. The quantitative estimate of drug-likeness (QED) is 0.397. The molecule has 5 nitrogen and oxygen atoms in total. The molecule has 0 amide bonds. The number of carboxylic acid groups (broad SMARTS) is 1. The van der Waals surface area contributed by atoms with Crippen LogP contribution in [-0.2, 0) is 35.7 Å². The van der Waals surface area contributed by atoms with Crippen LogP contribution < -0.4 is 0 Å². The Labute approximate surface area is 84.4 Å². The van der Waals surface area contributed by atoms with Crippen molar-refractivity contribution in [3.63, 3.8) is 0 Å². The van der Waals surface area contributed by atoms with Crippen LogP contribution in [0.2, 0.25) is 0 Å². The van der Waals surface area contributed by atoms with Crippen LogP contribution in [0.1, 0.15) is 13.8 Å². The molecule has 0 radical (unpaired) electrons. The molecule has 0 bridgehead atoms. The van der Waals surface area contributed by atoms with E-state index in [-0.39, 0.29) is 16.5 Å². The predicted molar refractivity (Wildman–Crippen MR) is 37.5 cm³/mol. The molecule has 0 aromatic rings. The zero-order valence-corrected chi connectivity index (χ0v) is 7.96. The van der Waals surface area contributed by atoms with E-state index in [1.807, 2.05) is 0 Å². The molecule has 6 heteroatoms. The Bertz CT molecular complexity index is 244. The molecule has 13 heavy (non-hydrogen) atoms. The molecule has 0 atom stereocenters. The maximum absolute atomic E-state index is 10.7. The number of hydrogen-bond acceptors (Lipinski definition) is 4. The van der Waals surface area contributed by atoms with E-state index in [4.69, 9.17) is 5.11 Å². The molecular weight excluding hydrogens is 223 g/mol. The van der Waals surface area contributed by atoms with Crippen molar-refractivity contribution in [1.29, 1.82) is 0 Å². The molecular formula is C7H8NiO5. The van der Waals surface area contributed by atoms with Gasteiger partial charge >= 0.3 is 5.97 Å². The topological polar surface area (TPSA) is 88.5 Å². The maximum Gasteiger partial charge on any atom is 0.373 e. The van der Waals surface area contributed by atoms with Crippen molar-refractivity contribution in [1.82, 2.24) is 0 Å². The van der Waals surface area contributed by atoms with Crippen LogP contribution in [0, 0.1) is 5.92 Å². The van der Waals surface area contributed by atoms with Crippen LogP contribution in [0.3, 0.4) is 0 Å². The fourth-order valence-electron chi connectivity index (χ4n) is 0.779. The molecule has 0 fully saturated rings. The molecule has 0 aromatic heterocycles. The summed E-state index contributed by atoms with van der Waals surface area (Å²) in [7, 11) is 0. The smallest absolute Gasteiger partial charge is 0.373 e. The van der Waals surface area contributed by atoms with Crippen LogP contribution >= 0.6 is 0 Å². The second kappa shape index (κ2) is 5.59. The molecule has 0 saturated carbocycles. The summed E-state index contributed by atoms with van der Waals surface area (Å²) >= 11 is 0. The Morgan fingerprint density at radius 3 is 1.38 bits per heavy atom. The van der Waals surface area contributed by atoms with Gasteiger partial charge in [0.25, 0.3) is 5.78 Å². The van der Waals surface area contributed by atoms with Gasteiger partial charge in [0.05, 0.1) is 0 Å². The van der Waals surface area contributed by atoms with E-state index in [0.717, 1.165) is 13.8 Å². The van der Waals surface area contributed by atoms with Crippen molar-refractivity contribution in [2.75, 3.05) is 0 Å². The monoisotopic (exact) mass is 230 g/mol. The van der Waals surface area contributed by atoms with Crippen LogP contribution in [0.15, 0.2) is 0 Å². The fraction of sp³-hybridized carbons (Fsp3) is 0.429. The van der Waals surface area contributed by atoms with E-state index in [1.54, 1.807) is 0 Å². The van der Waals surface area contributed by atoms with Gasteiger partial charge in [-0.3, -0.25) is 14.4 Å². The Morgan fingerprint density at radius 2 is 1.31 bits per heavy atom. The number of ketones is 3. The largest absolute Gasteiger partial charge is 0.475 e. The standard InChI is InChI=1S/C7H8O5.Ni/c1-3(8)5(4(2)9)6(10)7(11)12;/h5H,1-2H3,(H,11,12);. The van der Waals surface area contributed by atoms with Crippen LogP contribution in [0.4, 0.5) is 0 Å². The molecule has 0 heterocycles. The number of rotatable bonds is 4. The molecule has 0 aliphatic heterocycles. The molecule has 0 aromatic carbocycles. The zero-order valence-electron chi connectivity index (χ0n) is 6.97. The van der Waals surface area contributed by atoms with Crippen LogP contribution in [-0.4, -0.2) is 28.4 Å².